The Kier molecular flexibility index (Phi) is 14.7. The molecule has 0 aliphatic rings. The van der Waals surface area contributed by atoms with Crippen LogP contribution in [0.25, 0.3) is 0 Å². The highest BCUT2D eigenvalue weighted by Gasteiger charge is 2.31. The molecule has 12 heteroatoms. The molecule has 0 bridgehead atoms. The van der Waals surface area contributed by atoms with Crippen molar-refractivity contribution in [2.45, 2.75) is 48.9 Å². The third-order valence-electron chi connectivity index (χ3n) is 5.22. The van der Waals surface area contributed by atoms with Gasteiger partial charge in [-0.25, -0.2) is 8.42 Å². The number of nitro benzene ring substituents is 1. The fraction of sp³-hybridized carbons (Fsp3) is 0.440. The third kappa shape index (κ3) is 11.0. The molecule has 0 saturated carbocycles. The molecule has 10 nitrogen and oxygen atoms in total. The van der Waals surface area contributed by atoms with Gasteiger partial charge < -0.3 is 15.2 Å². The predicted octanol–water partition coefficient (Wildman–Crippen LogP) is 3.50. The van der Waals surface area contributed by atoms with Gasteiger partial charge in [-0.1, -0.05) is 38.5 Å². The van der Waals surface area contributed by atoms with Crippen LogP contribution in [0.3, 0.4) is 0 Å². The van der Waals surface area contributed by atoms with Gasteiger partial charge in [0.15, 0.2) is 0 Å². The molecule has 2 rings (SSSR count). The van der Waals surface area contributed by atoms with Crippen molar-refractivity contribution in [3.05, 3.63) is 64.7 Å². The molecular formula is C25H35N3O7S2. The number of hydrogen-bond acceptors (Lipinski definition) is 8. The highest BCUT2D eigenvalue weighted by atomic mass is 32.2. The Morgan fingerprint density at radius 1 is 1.11 bits per heavy atom. The topological polar surface area (TPSA) is 147 Å². The molecule has 37 heavy (non-hydrogen) atoms. The molecule has 0 radical (unpaired) electrons. The summed E-state index contributed by atoms with van der Waals surface area (Å²) >= 11 is 1.46. The van der Waals surface area contributed by atoms with E-state index in [1.807, 2.05) is 51.0 Å². The monoisotopic (exact) mass is 553 g/mol. The number of aliphatic hydroxyl groups excluding tert-OH is 1. The zero-order valence-electron chi connectivity index (χ0n) is 21.1. The van der Waals surface area contributed by atoms with E-state index in [1.165, 1.54) is 28.2 Å². The average molecular weight is 554 g/mol. The molecule has 2 N–H and O–H groups in total. The smallest absolute Gasteiger partial charge is 0.269 e. The van der Waals surface area contributed by atoms with Crippen molar-refractivity contribution < 1.29 is 28.0 Å². The Bertz CT molecular complexity index is 1070. The lowest BCUT2D eigenvalue weighted by Crippen LogP contribution is -2.44. The SMILES string of the molecule is C=O.CC(C)CN([C@H](CO)CCCCNC(=O)CSc1ccccc1)S(=O)(=O)c1ccc([N+](=O)[O-])cc1. The third-order valence-corrected chi connectivity index (χ3v) is 8.16. The largest absolute Gasteiger partial charge is 0.395 e. The second-order valence-electron chi connectivity index (χ2n) is 8.50. The Morgan fingerprint density at radius 2 is 1.73 bits per heavy atom. The van der Waals surface area contributed by atoms with Crippen LogP contribution < -0.4 is 5.32 Å². The summed E-state index contributed by atoms with van der Waals surface area (Å²) in [6.45, 7) is 6.09. The Balaban J connectivity index is 0.00000334. The van der Waals surface area contributed by atoms with Crippen molar-refractivity contribution >= 4 is 40.2 Å². The number of aliphatic hydroxyl groups is 1. The normalized spacial score (nSPS) is 12.0. The molecule has 0 heterocycles. The van der Waals surface area contributed by atoms with Crippen molar-refractivity contribution in [2.24, 2.45) is 5.92 Å². The van der Waals surface area contributed by atoms with Crippen LogP contribution in [0, 0.1) is 16.0 Å². The van der Waals surface area contributed by atoms with Crippen LogP contribution in [0.4, 0.5) is 5.69 Å². The van der Waals surface area contributed by atoms with Crippen LogP contribution >= 0.6 is 11.8 Å². The quantitative estimate of drug-likeness (QED) is 0.147. The van der Waals surface area contributed by atoms with Gasteiger partial charge in [-0.05, 0) is 43.0 Å². The van der Waals surface area contributed by atoms with E-state index in [-0.39, 0.29) is 35.6 Å². The fourth-order valence-corrected chi connectivity index (χ4v) is 6.01. The van der Waals surface area contributed by atoms with Crippen LogP contribution in [0.2, 0.25) is 0 Å². The Morgan fingerprint density at radius 3 is 2.27 bits per heavy atom. The van der Waals surface area contributed by atoms with Gasteiger partial charge in [0.25, 0.3) is 5.69 Å². The molecule has 1 amide bonds. The number of unbranched alkanes of at least 4 members (excludes halogenated alkanes) is 1. The van der Waals surface area contributed by atoms with E-state index in [4.69, 9.17) is 4.79 Å². The van der Waals surface area contributed by atoms with E-state index in [9.17, 15) is 28.4 Å². The first kappa shape index (κ1) is 32.2. The summed E-state index contributed by atoms with van der Waals surface area (Å²) in [6, 6.07) is 13.8. The molecule has 2 aromatic rings. The summed E-state index contributed by atoms with van der Waals surface area (Å²) in [6.07, 6.45) is 1.68. The van der Waals surface area contributed by atoms with Gasteiger partial charge in [-0.2, -0.15) is 4.31 Å². The summed E-state index contributed by atoms with van der Waals surface area (Å²) in [5, 5.41) is 23.8. The van der Waals surface area contributed by atoms with E-state index in [0.29, 0.717) is 31.6 Å². The van der Waals surface area contributed by atoms with E-state index in [2.05, 4.69) is 5.32 Å². The van der Waals surface area contributed by atoms with Gasteiger partial charge >= 0.3 is 0 Å². The number of rotatable bonds is 15. The maximum absolute atomic E-state index is 13.3. The van der Waals surface area contributed by atoms with Crippen molar-refractivity contribution in [1.82, 2.24) is 9.62 Å². The molecule has 0 unspecified atom stereocenters. The minimum absolute atomic E-state index is 0.0123. The molecule has 2 aromatic carbocycles. The van der Waals surface area contributed by atoms with E-state index in [1.54, 1.807) is 0 Å². The van der Waals surface area contributed by atoms with Gasteiger partial charge in [0.05, 0.1) is 22.2 Å². The molecule has 0 aromatic heterocycles. The maximum atomic E-state index is 13.3. The van der Waals surface area contributed by atoms with Crippen molar-refractivity contribution in [2.75, 3.05) is 25.4 Å². The highest BCUT2D eigenvalue weighted by Crippen LogP contribution is 2.24. The van der Waals surface area contributed by atoms with Crippen molar-refractivity contribution in [1.29, 1.82) is 0 Å². The summed E-state index contributed by atoms with van der Waals surface area (Å²) in [5.74, 6) is 0.261. The molecule has 1 atom stereocenters. The summed E-state index contributed by atoms with van der Waals surface area (Å²) < 4.78 is 27.9. The number of nitrogens with zero attached hydrogens (tertiary/aromatic N) is 2. The molecule has 204 valence electrons. The number of carbonyl (C=O) groups is 2. The first-order valence-electron chi connectivity index (χ1n) is 11.8. The molecule has 0 saturated heterocycles. The zero-order chi connectivity index (χ0) is 27.8. The van der Waals surface area contributed by atoms with Crippen LogP contribution in [-0.2, 0) is 19.6 Å². The number of thioether (sulfide) groups is 1. The highest BCUT2D eigenvalue weighted by molar-refractivity contribution is 8.00. The van der Waals surface area contributed by atoms with Crippen LogP contribution in [-0.4, -0.2) is 66.9 Å². The molecular weight excluding hydrogens is 518 g/mol. The standard InChI is InChI=1S/C24H33N3O6S2.CH2O/c1-19(2)16-26(35(32,33)23-13-11-20(12-14-23)27(30)31)21(17-28)8-6-7-15-25-24(29)18-34-22-9-4-3-5-10-22;1-2/h3-5,9-14,19,21,28H,6-8,15-18H2,1-2H3,(H,25,29);1H2/t21-;/m0./s1. The van der Waals surface area contributed by atoms with Crippen molar-refractivity contribution in [3.63, 3.8) is 0 Å². The van der Waals surface area contributed by atoms with Gasteiger partial charge in [-0.3, -0.25) is 14.9 Å². The van der Waals surface area contributed by atoms with Crippen LogP contribution in [0.15, 0.2) is 64.4 Å². The number of hydrogen-bond donors (Lipinski definition) is 2. The second-order valence-corrected chi connectivity index (χ2v) is 11.4. The van der Waals surface area contributed by atoms with Gasteiger partial charge in [0, 0.05) is 36.2 Å². The summed E-state index contributed by atoms with van der Waals surface area (Å²) in [7, 11) is -3.96. The predicted molar refractivity (Wildman–Crippen MR) is 144 cm³/mol. The van der Waals surface area contributed by atoms with E-state index >= 15 is 0 Å². The summed E-state index contributed by atoms with van der Waals surface area (Å²) in [5.41, 5.74) is -0.192. The van der Waals surface area contributed by atoms with E-state index < -0.39 is 21.0 Å². The Labute approximate surface area is 222 Å². The lowest BCUT2D eigenvalue weighted by molar-refractivity contribution is -0.384. The number of nitro groups is 1. The summed E-state index contributed by atoms with van der Waals surface area (Å²) in [4.78, 5) is 31.3. The number of carbonyl (C=O) groups excluding carboxylic acids is 2. The lowest BCUT2D eigenvalue weighted by atomic mass is 10.1. The second kappa shape index (κ2) is 16.8. The number of non-ortho nitro benzene ring substituents is 1. The van der Waals surface area contributed by atoms with Crippen LogP contribution in [0.1, 0.15) is 33.1 Å². The van der Waals surface area contributed by atoms with Gasteiger partial charge in [0.1, 0.15) is 6.79 Å². The zero-order valence-corrected chi connectivity index (χ0v) is 22.7. The lowest BCUT2D eigenvalue weighted by Gasteiger charge is -2.31. The van der Waals surface area contributed by atoms with E-state index in [0.717, 1.165) is 17.0 Å². The minimum Gasteiger partial charge on any atom is -0.395 e. The number of sulfonamides is 1. The maximum Gasteiger partial charge on any atom is 0.269 e. The molecule has 0 fully saturated rings. The first-order valence-corrected chi connectivity index (χ1v) is 14.2. The van der Waals surface area contributed by atoms with Crippen molar-refractivity contribution in [3.8, 4) is 0 Å². The number of nitrogens with one attached hydrogen (secondary N) is 1. The molecule has 0 spiro atoms. The molecule has 0 aliphatic heterocycles. The number of amides is 1. The first-order chi connectivity index (χ1) is 17.6. The average Bonchev–Trinajstić information content (AvgIpc) is 2.90. The van der Waals surface area contributed by atoms with Gasteiger partial charge in [0.2, 0.25) is 15.9 Å². The Hall–Kier alpha value is -2.80. The van der Waals surface area contributed by atoms with Crippen LogP contribution in [0.5, 0.6) is 0 Å². The minimum atomic E-state index is -3.96. The number of benzene rings is 2. The molecule has 0 aliphatic carbocycles. The van der Waals surface area contributed by atoms with Gasteiger partial charge in [-0.15, -0.1) is 11.8 Å². The fourth-order valence-electron chi connectivity index (χ4n) is 3.45.